The summed E-state index contributed by atoms with van der Waals surface area (Å²) >= 11 is 0. The number of sulfonamides is 1. The van der Waals surface area contributed by atoms with Gasteiger partial charge in [-0.15, -0.1) is 0 Å². The van der Waals surface area contributed by atoms with Gasteiger partial charge in [-0.05, 0) is 80.3 Å². The molecule has 5 heteroatoms. The van der Waals surface area contributed by atoms with Gasteiger partial charge in [0.05, 0.1) is 10.4 Å². The van der Waals surface area contributed by atoms with Gasteiger partial charge in [0.2, 0.25) is 10.0 Å². The number of benzene rings is 2. The summed E-state index contributed by atoms with van der Waals surface area (Å²) in [4.78, 5) is 4.51. The fraction of sp³-hybridized carbons (Fsp3) is 0.227. The highest BCUT2D eigenvalue weighted by Crippen LogP contribution is 2.28. The molecule has 1 heterocycles. The van der Waals surface area contributed by atoms with E-state index in [9.17, 15) is 8.42 Å². The van der Waals surface area contributed by atoms with Crippen molar-refractivity contribution >= 4 is 10.0 Å². The van der Waals surface area contributed by atoms with Crippen LogP contribution in [0.2, 0.25) is 0 Å². The first-order chi connectivity index (χ1) is 12.7. The zero-order chi connectivity index (χ0) is 19.7. The molecule has 0 radical (unpaired) electrons. The van der Waals surface area contributed by atoms with Crippen LogP contribution in [-0.4, -0.2) is 13.4 Å². The van der Waals surface area contributed by atoms with Crippen molar-refractivity contribution in [1.29, 1.82) is 0 Å². The summed E-state index contributed by atoms with van der Waals surface area (Å²) in [5.41, 5.74) is 4.07. The molecule has 2 aromatic carbocycles. The fourth-order valence-corrected chi connectivity index (χ4v) is 4.56. The lowest BCUT2D eigenvalue weighted by Crippen LogP contribution is -2.40. The normalized spacial score (nSPS) is 12.1. The highest BCUT2D eigenvalue weighted by molar-refractivity contribution is 7.89. The van der Waals surface area contributed by atoms with Crippen LogP contribution in [0.25, 0.3) is 11.1 Å². The van der Waals surface area contributed by atoms with Crippen LogP contribution < -0.4 is 4.72 Å². The standard InChI is InChI=1S/C22H24N2O2S/c1-16-7-5-10-21(13-16)27(25,26)24-22(3,4)20-9-6-8-18(15-20)19-11-12-23-17(2)14-19/h5-15,24H,1-4H3. The average molecular weight is 381 g/mol. The molecule has 0 spiro atoms. The lowest BCUT2D eigenvalue weighted by atomic mass is 9.92. The van der Waals surface area contributed by atoms with E-state index in [-0.39, 0.29) is 4.90 Å². The molecular formula is C22H24N2O2S. The molecule has 140 valence electrons. The van der Waals surface area contributed by atoms with Crippen molar-refractivity contribution in [3.63, 3.8) is 0 Å². The molecule has 27 heavy (non-hydrogen) atoms. The van der Waals surface area contributed by atoms with Crippen LogP contribution in [0.4, 0.5) is 0 Å². The molecule has 0 atom stereocenters. The first-order valence-corrected chi connectivity index (χ1v) is 10.3. The molecule has 0 aliphatic carbocycles. The Morgan fingerprint density at radius 2 is 1.59 bits per heavy atom. The first kappa shape index (κ1) is 19.3. The Morgan fingerprint density at radius 3 is 2.30 bits per heavy atom. The van der Waals surface area contributed by atoms with Crippen LogP contribution in [0.3, 0.4) is 0 Å². The van der Waals surface area contributed by atoms with E-state index in [1.807, 2.05) is 70.2 Å². The molecule has 1 aromatic heterocycles. The maximum absolute atomic E-state index is 12.9. The smallest absolute Gasteiger partial charge is 0.241 e. The summed E-state index contributed by atoms with van der Waals surface area (Å²) in [5.74, 6) is 0. The van der Waals surface area contributed by atoms with Gasteiger partial charge < -0.3 is 0 Å². The molecule has 0 aliphatic rings. The number of hydrogen-bond acceptors (Lipinski definition) is 3. The van der Waals surface area contributed by atoms with E-state index in [2.05, 4.69) is 9.71 Å². The highest BCUT2D eigenvalue weighted by atomic mass is 32.2. The summed E-state index contributed by atoms with van der Waals surface area (Å²) in [6, 6.07) is 18.8. The Kier molecular flexibility index (Phi) is 5.18. The highest BCUT2D eigenvalue weighted by Gasteiger charge is 2.28. The van der Waals surface area contributed by atoms with Crippen molar-refractivity contribution in [1.82, 2.24) is 9.71 Å². The number of hydrogen-bond donors (Lipinski definition) is 1. The van der Waals surface area contributed by atoms with Gasteiger partial charge in [0.1, 0.15) is 0 Å². The van der Waals surface area contributed by atoms with E-state index in [0.29, 0.717) is 0 Å². The van der Waals surface area contributed by atoms with Crippen LogP contribution in [-0.2, 0) is 15.6 Å². The minimum Gasteiger partial charge on any atom is -0.262 e. The second-order valence-corrected chi connectivity index (χ2v) is 9.00. The topological polar surface area (TPSA) is 59.1 Å². The maximum atomic E-state index is 12.9. The van der Waals surface area contributed by atoms with Crippen LogP contribution in [0.15, 0.2) is 71.8 Å². The van der Waals surface area contributed by atoms with Crippen LogP contribution >= 0.6 is 0 Å². The zero-order valence-corrected chi connectivity index (χ0v) is 16.8. The Bertz CT molecular complexity index is 1070. The second-order valence-electron chi connectivity index (χ2n) is 7.31. The average Bonchev–Trinajstić information content (AvgIpc) is 2.61. The zero-order valence-electron chi connectivity index (χ0n) is 16.0. The minimum atomic E-state index is -3.63. The third kappa shape index (κ3) is 4.43. The molecule has 1 N–H and O–H groups in total. The van der Waals surface area contributed by atoms with E-state index in [1.165, 1.54) is 0 Å². The monoisotopic (exact) mass is 380 g/mol. The number of pyridine rings is 1. The Morgan fingerprint density at radius 1 is 0.889 bits per heavy atom. The van der Waals surface area contributed by atoms with Crippen LogP contribution in [0, 0.1) is 13.8 Å². The molecule has 0 unspecified atom stereocenters. The lowest BCUT2D eigenvalue weighted by Gasteiger charge is -2.27. The summed E-state index contributed by atoms with van der Waals surface area (Å²) in [6.45, 7) is 7.58. The molecular weight excluding hydrogens is 356 g/mol. The molecule has 0 fully saturated rings. The van der Waals surface area contributed by atoms with Crippen molar-refractivity contribution in [2.45, 2.75) is 38.1 Å². The molecule has 3 rings (SSSR count). The molecule has 0 aliphatic heterocycles. The van der Waals surface area contributed by atoms with Crippen molar-refractivity contribution < 1.29 is 8.42 Å². The Labute approximate surface area is 161 Å². The van der Waals surface area contributed by atoms with Crippen molar-refractivity contribution in [2.75, 3.05) is 0 Å². The third-order valence-corrected chi connectivity index (χ3v) is 6.16. The summed E-state index contributed by atoms with van der Waals surface area (Å²) in [5, 5.41) is 0. The summed E-state index contributed by atoms with van der Waals surface area (Å²) < 4.78 is 28.5. The number of nitrogens with zero attached hydrogens (tertiary/aromatic N) is 1. The van der Waals surface area contributed by atoms with Gasteiger partial charge in [-0.1, -0.05) is 30.3 Å². The van der Waals surface area contributed by atoms with Crippen molar-refractivity contribution in [3.8, 4) is 11.1 Å². The first-order valence-electron chi connectivity index (χ1n) is 8.82. The number of rotatable bonds is 5. The number of aryl methyl sites for hydroxylation is 2. The number of nitrogens with one attached hydrogen (secondary N) is 1. The SMILES string of the molecule is Cc1cccc(S(=O)(=O)NC(C)(C)c2cccc(-c3ccnc(C)c3)c2)c1. The van der Waals surface area contributed by atoms with E-state index in [4.69, 9.17) is 0 Å². The Balaban J connectivity index is 1.94. The van der Waals surface area contributed by atoms with Gasteiger partial charge in [0.15, 0.2) is 0 Å². The quantitative estimate of drug-likeness (QED) is 0.705. The van der Waals surface area contributed by atoms with Gasteiger partial charge in [0, 0.05) is 11.9 Å². The lowest BCUT2D eigenvalue weighted by molar-refractivity contribution is 0.472. The van der Waals surface area contributed by atoms with E-state index in [0.717, 1.165) is 27.9 Å². The summed E-state index contributed by atoms with van der Waals surface area (Å²) in [6.07, 6.45) is 1.78. The molecule has 0 amide bonds. The van der Waals surface area contributed by atoms with Gasteiger partial charge in [-0.3, -0.25) is 4.98 Å². The van der Waals surface area contributed by atoms with Gasteiger partial charge in [0.25, 0.3) is 0 Å². The van der Waals surface area contributed by atoms with E-state index >= 15 is 0 Å². The predicted molar refractivity (Wildman–Crippen MR) is 109 cm³/mol. The van der Waals surface area contributed by atoms with Gasteiger partial charge >= 0.3 is 0 Å². The molecule has 3 aromatic rings. The second kappa shape index (κ2) is 7.25. The maximum Gasteiger partial charge on any atom is 0.241 e. The Hall–Kier alpha value is -2.50. The molecule has 0 bridgehead atoms. The van der Waals surface area contributed by atoms with Crippen molar-refractivity contribution in [2.24, 2.45) is 0 Å². The van der Waals surface area contributed by atoms with Crippen molar-refractivity contribution in [3.05, 3.63) is 83.7 Å². The third-order valence-electron chi connectivity index (χ3n) is 4.50. The van der Waals surface area contributed by atoms with Gasteiger partial charge in [-0.2, -0.15) is 0 Å². The van der Waals surface area contributed by atoms with Gasteiger partial charge in [-0.25, -0.2) is 13.1 Å². The fourth-order valence-electron chi connectivity index (χ4n) is 3.05. The number of aromatic nitrogens is 1. The molecule has 0 saturated carbocycles. The summed E-state index contributed by atoms with van der Waals surface area (Å²) in [7, 11) is -3.63. The largest absolute Gasteiger partial charge is 0.262 e. The van der Waals surface area contributed by atoms with Crippen LogP contribution in [0.1, 0.15) is 30.7 Å². The van der Waals surface area contributed by atoms with E-state index in [1.54, 1.807) is 24.4 Å². The predicted octanol–water partition coefficient (Wildman–Crippen LogP) is 4.58. The van der Waals surface area contributed by atoms with E-state index < -0.39 is 15.6 Å². The molecule has 4 nitrogen and oxygen atoms in total. The minimum absolute atomic E-state index is 0.275. The van der Waals surface area contributed by atoms with Crippen LogP contribution in [0.5, 0.6) is 0 Å². The molecule has 0 saturated heterocycles.